The maximum Gasteiger partial charge on any atom is 0.228 e. The molecule has 0 radical (unpaired) electrons. The Morgan fingerprint density at radius 3 is 2.52 bits per heavy atom. The molecule has 0 saturated carbocycles. The fraction of sp³-hybridized carbons (Fsp3) is 0.0870. The van der Waals surface area contributed by atoms with Crippen molar-refractivity contribution in [3.8, 4) is 11.5 Å². The van der Waals surface area contributed by atoms with Gasteiger partial charge in [0.05, 0.1) is 13.5 Å². The van der Waals surface area contributed by atoms with Gasteiger partial charge in [0.25, 0.3) is 0 Å². The molecule has 0 aromatic heterocycles. The number of para-hydroxylation sites is 1. The molecular formula is C23H21NO3. The normalized spacial score (nSPS) is 10.7. The number of amides is 1. The number of rotatable bonds is 6. The quantitative estimate of drug-likeness (QED) is 0.624. The van der Waals surface area contributed by atoms with E-state index >= 15 is 0 Å². The highest BCUT2D eigenvalue weighted by Crippen LogP contribution is 2.26. The van der Waals surface area contributed by atoms with Crippen LogP contribution in [0.25, 0.3) is 12.2 Å². The smallest absolute Gasteiger partial charge is 0.228 e. The molecule has 0 saturated heterocycles. The van der Waals surface area contributed by atoms with Crippen LogP contribution < -0.4 is 10.1 Å². The molecule has 0 aliphatic heterocycles. The Balaban J connectivity index is 1.72. The van der Waals surface area contributed by atoms with Crippen molar-refractivity contribution < 1.29 is 14.6 Å². The highest BCUT2D eigenvalue weighted by atomic mass is 16.5. The predicted molar refractivity (Wildman–Crippen MR) is 109 cm³/mol. The minimum atomic E-state index is -0.136. The number of phenols is 1. The van der Waals surface area contributed by atoms with Crippen LogP contribution in [0.5, 0.6) is 11.5 Å². The first-order valence-corrected chi connectivity index (χ1v) is 8.63. The monoisotopic (exact) mass is 359 g/mol. The zero-order valence-electron chi connectivity index (χ0n) is 15.1. The van der Waals surface area contributed by atoms with Crippen molar-refractivity contribution in [3.63, 3.8) is 0 Å². The molecule has 0 aliphatic carbocycles. The molecule has 4 nitrogen and oxygen atoms in total. The lowest BCUT2D eigenvalue weighted by molar-refractivity contribution is -0.115. The van der Waals surface area contributed by atoms with Crippen molar-refractivity contribution in [3.05, 3.63) is 89.5 Å². The van der Waals surface area contributed by atoms with E-state index in [0.717, 1.165) is 22.4 Å². The van der Waals surface area contributed by atoms with E-state index in [2.05, 4.69) is 5.32 Å². The van der Waals surface area contributed by atoms with Gasteiger partial charge in [0.1, 0.15) is 0 Å². The maximum atomic E-state index is 12.5. The summed E-state index contributed by atoms with van der Waals surface area (Å²) in [7, 11) is 1.48. The van der Waals surface area contributed by atoms with Crippen molar-refractivity contribution in [1.82, 2.24) is 0 Å². The molecule has 0 unspecified atom stereocenters. The predicted octanol–water partition coefficient (Wildman–Crippen LogP) is 4.75. The molecule has 0 spiro atoms. The summed E-state index contributed by atoms with van der Waals surface area (Å²) in [4.78, 5) is 12.5. The minimum absolute atomic E-state index is 0.0538. The topological polar surface area (TPSA) is 58.6 Å². The molecule has 27 heavy (non-hydrogen) atoms. The molecule has 0 atom stereocenters. The van der Waals surface area contributed by atoms with Crippen LogP contribution in [0.2, 0.25) is 0 Å². The van der Waals surface area contributed by atoms with Crippen LogP contribution in [0.1, 0.15) is 16.7 Å². The highest BCUT2D eigenvalue weighted by molar-refractivity contribution is 5.95. The summed E-state index contributed by atoms with van der Waals surface area (Å²) < 4.78 is 5.09. The molecule has 0 heterocycles. The Hall–Kier alpha value is -3.53. The second-order valence-corrected chi connectivity index (χ2v) is 6.06. The largest absolute Gasteiger partial charge is 0.504 e. The fourth-order valence-electron chi connectivity index (χ4n) is 2.72. The zero-order chi connectivity index (χ0) is 19.1. The third kappa shape index (κ3) is 4.98. The zero-order valence-corrected chi connectivity index (χ0v) is 15.1. The SMILES string of the molecule is COc1cc(CC(=O)Nc2ccccc2/C=C/c2ccccc2)ccc1O. The number of phenolic OH excluding ortho intramolecular Hbond substituents is 1. The van der Waals surface area contributed by atoms with Crippen molar-refractivity contribution >= 4 is 23.7 Å². The van der Waals surface area contributed by atoms with Crippen molar-refractivity contribution in [1.29, 1.82) is 0 Å². The van der Waals surface area contributed by atoms with Gasteiger partial charge in [0.15, 0.2) is 11.5 Å². The number of anilines is 1. The summed E-state index contributed by atoms with van der Waals surface area (Å²) in [6.07, 6.45) is 4.18. The average Bonchev–Trinajstić information content (AvgIpc) is 2.69. The van der Waals surface area contributed by atoms with E-state index < -0.39 is 0 Å². The second-order valence-electron chi connectivity index (χ2n) is 6.06. The lowest BCUT2D eigenvalue weighted by Crippen LogP contribution is -2.15. The summed E-state index contributed by atoms with van der Waals surface area (Å²) in [5.41, 5.74) is 3.53. The molecule has 136 valence electrons. The number of carbonyl (C=O) groups excluding carboxylic acids is 1. The summed E-state index contributed by atoms with van der Waals surface area (Å²) in [5, 5.41) is 12.6. The van der Waals surface area contributed by atoms with Gasteiger partial charge in [-0.1, -0.05) is 66.7 Å². The Morgan fingerprint density at radius 2 is 1.74 bits per heavy atom. The first-order chi connectivity index (χ1) is 13.2. The van der Waals surface area contributed by atoms with Gasteiger partial charge in [0.2, 0.25) is 5.91 Å². The number of nitrogens with one attached hydrogen (secondary N) is 1. The first kappa shape index (κ1) is 18.3. The number of methoxy groups -OCH3 is 1. The van der Waals surface area contributed by atoms with Gasteiger partial charge in [0, 0.05) is 5.69 Å². The lowest BCUT2D eigenvalue weighted by atomic mass is 10.1. The summed E-state index contributed by atoms with van der Waals surface area (Å²) in [6, 6.07) is 22.5. The Kier molecular flexibility index (Phi) is 5.90. The highest BCUT2D eigenvalue weighted by Gasteiger charge is 2.09. The number of benzene rings is 3. The van der Waals surface area contributed by atoms with Crippen LogP contribution in [-0.2, 0) is 11.2 Å². The van der Waals surface area contributed by atoms with Crippen molar-refractivity contribution in [2.75, 3.05) is 12.4 Å². The van der Waals surface area contributed by atoms with Gasteiger partial charge in [-0.05, 0) is 34.9 Å². The molecule has 3 aromatic rings. The van der Waals surface area contributed by atoms with E-state index in [1.54, 1.807) is 12.1 Å². The standard InChI is InChI=1S/C23H21NO3/c1-27-22-15-18(12-14-21(22)25)16-23(26)24-20-10-6-5-9-19(20)13-11-17-7-3-2-4-8-17/h2-15,25H,16H2,1H3,(H,24,26)/b13-11+. The van der Waals surface area contributed by atoms with E-state index in [9.17, 15) is 9.90 Å². The third-order valence-corrected chi connectivity index (χ3v) is 4.10. The van der Waals surface area contributed by atoms with Gasteiger partial charge < -0.3 is 15.2 Å². The van der Waals surface area contributed by atoms with E-state index in [4.69, 9.17) is 4.74 Å². The lowest BCUT2D eigenvalue weighted by Gasteiger charge is -2.10. The molecule has 0 bridgehead atoms. The van der Waals surface area contributed by atoms with Crippen LogP contribution in [0.3, 0.4) is 0 Å². The molecule has 0 fully saturated rings. The minimum Gasteiger partial charge on any atom is -0.504 e. The Labute approximate surface area is 158 Å². The molecule has 1 amide bonds. The van der Waals surface area contributed by atoms with Gasteiger partial charge in [-0.2, -0.15) is 0 Å². The van der Waals surface area contributed by atoms with Crippen LogP contribution in [0.4, 0.5) is 5.69 Å². The molecule has 2 N–H and O–H groups in total. The van der Waals surface area contributed by atoms with Crippen molar-refractivity contribution in [2.45, 2.75) is 6.42 Å². The van der Waals surface area contributed by atoms with Gasteiger partial charge in [-0.25, -0.2) is 0 Å². The van der Waals surface area contributed by atoms with Crippen LogP contribution >= 0.6 is 0 Å². The summed E-state index contributed by atoms with van der Waals surface area (Å²) in [6.45, 7) is 0. The average molecular weight is 359 g/mol. The van der Waals surface area contributed by atoms with E-state index in [-0.39, 0.29) is 18.1 Å². The third-order valence-electron chi connectivity index (χ3n) is 4.10. The Bertz CT molecular complexity index is 949. The molecule has 4 heteroatoms. The van der Waals surface area contributed by atoms with E-state index in [1.807, 2.05) is 66.7 Å². The number of aromatic hydroxyl groups is 1. The van der Waals surface area contributed by atoms with Gasteiger partial charge >= 0.3 is 0 Å². The van der Waals surface area contributed by atoms with Gasteiger partial charge in [-0.3, -0.25) is 4.79 Å². The van der Waals surface area contributed by atoms with Crippen LogP contribution in [-0.4, -0.2) is 18.1 Å². The van der Waals surface area contributed by atoms with E-state index in [1.165, 1.54) is 13.2 Å². The number of hydrogen-bond donors (Lipinski definition) is 2. The van der Waals surface area contributed by atoms with Crippen molar-refractivity contribution in [2.24, 2.45) is 0 Å². The summed E-state index contributed by atoms with van der Waals surface area (Å²) in [5.74, 6) is 0.271. The van der Waals surface area contributed by atoms with Crippen LogP contribution in [0, 0.1) is 0 Å². The number of carbonyl (C=O) groups is 1. The number of hydrogen-bond acceptors (Lipinski definition) is 3. The number of ether oxygens (including phenoxy) is 1. The second kappa shape index (κ2) is 8.72. The fourth-order valence-corrected chi connectivity index (χ4v) is 2.72. The summed E-state index contributed by atoms with van der Waals surface area (Å²) >= 11 is 0. The molecule has 0 aliphatic rings. The first-order valence-electron chi connectivity index (χ1n) is 8.63. The maximum absolute atomic E-state index is 12.5. The molecule has 3 rings (SSSR count). The Morgan fingerprint density at radius 1 is 1.00 bits per heavy atom. The van der Waals surface area contributed by atoms with E-state index in [0.29, 0.717) is 5.75 Å². The molecule has 3 aromatic carbocycles. The van der Waals surface area contributed by atoms with Crippen LogP contribution in [0.15, 0.2) is 72.8 Å². The molecular weight excluding hydrogens is 338 g/mol. The van der Waals surface area contributed by atoms with Gasteiger partial charge in [-0.15, -0.1) is 0 Å².